The smallest absolute Gasteiger partial charge is 0.217 e. The first kappa shape index (κ1) is 20.0. The average molecular weight is 352 g/mol. The lowest BCUT2D eigenvalue weighted by Gasteiger charge is -2.34. The van der Waals surface area contributed by atoms with Gasteiger partial charge in [0.2, 0.25) is 5.91 Å². The van der Waals surface area contributed by atoms with Crippen molar-refractivity contribution in [3.8, 4) is 0 Å². The summed E-state index contributed by atoms with van der Waals surface area (Å²) < 4.78 is 0. The number of hydrogen-bond acceptors (Lipinski definition) is 3. The number of aliphatic imine (C=N–C) groups is 1. The second-order valence-corrected chi connectivity index (χ2v) is 7.76. The Kier molecular flexibility index (Phi) is 8.52. The topological polar surface area (TPSA) is 74.0 Å². The maximum absolute atomic E-state index is 11.2. The van der Waals surface area contributed by atoms with Crippen molar-refractivity contribution in [1.29, 1.82) is 0 Å². The van der Waals surface area contributed by atoms with Crippen LogP contribution in [0.4, 0.5) is 0 Å². The van der Waals surface area contributed by atoms with E-state index in [1.807, 2.05) is 0 Å². The van der Waals surface area contributed by atoms with E-state index < -0.39 is 0 Å². The van der Waals surface area contributed by atoms with Crippen molar-refractivity contribution < 1.29 is 4.79 Å². The molecule has 2 rings (SSSR count). The van der Waals surface area contributed by atoms with Crippen LogP contribution in [0.1, 0.15) is 52.4 Å². The average Bonchev–Trinajstić information content (AvgIpc) is 2.57. The van der Waals surface area contributed by atoms with Crippen LogP contribution in [0.15, 0.2) is 4.99 Å². The fraction of sp³-hybridized carbons (Fsp3) is 0.895. The van der Waals surface area contributed by atoms with Gasteiger partial charge in [-0.15, -0.1) is 0 Å². The highest BCUT2D eigenvalue weighted by Gasteiger charge is 2.23. The molecule has 0 aliphatic carbocycles. The Morgan fingerprint density at radius 2 is 2.04 bits per heavy atom. The highest BCUT2D eigenvalue weighted by molar-refractivity contribution is 5.80. The van der Waals surface area contributed by atoms with E-state index in [4.69, 9.17) is 10.7 Å². The molecule has 25 heavy (non-hydrogen) atoms. The molecule has 2 aliphatic rings. The number of primary amides is 1. The summed E-state index contributed by atoms with van der Waals surface area (Å²) in [5.74, 6) is 2.02. The van der Waals surface area contributed by atoms with Gasteiger partial charge in [-0.2, -0.15) is 0 Å². The quantitative estimate of drug-likeness (QED) is 0.416. The van der Waals surface area contributed by atoms with Gasteiger partial charge in [0, 0.05) is 39.1 Å². The van der Waals surface area contributed by atoms with Gasteiger partial charge in [0.25, 0.3) is 0 Å². The van der Waals surface area contributed by atoms with Crippen LogP contribution in [0, 0.1) is 11.8 Å². The van der Waals surface area contributed by atoms with Crippen LogP contribution in [0.25, 0.3) is 0 Å². The zero-order valence-corrected chi connectivity index (χ0v) is 16.2. The largest absolute Gasteiger partial charge is 0.370 e. The number of rotatable bonds is 7. The molecule has 0 saturated carbocycles. The van der Waals surface area contributed by atoms with Crippen LogP contribution >= 0.6 is 0 Å². The Hall–Kier alpha value is -1.30. The van der Waals surface area contributed by atoms with E-state index in [1.54, 1.807) is 0 Å². The second kappa shape index (κ2) is 10.6. The normalized spacial score (nSPS) is 25.8. The van der Waals surface area contributed by atoms with E-state index >= 15 is 0 Å². The summed E-state index contributed by atoms with van der Waals surface area (Å²) in [6, 6.07) is 0. The fourth-order valence-electron chi connectivity index (χ4n) is 4.10. The number of carbonyl (C=O) groups excluding carboxylic acids is 1. The number of nitrogens with two attached hydrogens (primary N) is 1. The van der Waals surface area contributed by atoms with Crippen LogP contribution in [0.3, 0.4) is 0 Å². The SMILES string of the molecule is CCNC(=NCCCN1CCCC(C)C1)N1CCCC(CC(N)=O)C1. The minimum absolute atomic E-state index is 0.190. The van der Waals surface area contributed by atoms with Gasteiger partial charge >= 0.3 is 0 Å². The lowest BCUT2D eigenvalue weighted by molar-refractivity contribution is -0.119. The van der Waals surface area contributed by atoms with Crippen LogP contribution < -0.4 is 11.1 Å². The summed E-state index contributed by atoms with van der Waals surface area (Å²) in [5, 5.41) is 3.42. The van der Waals surface area contributed by atoms with Crippen molar-refractivity contribution >= 4 is 11.9 Å². The van der Waals surface area contributed by atoms with Gasteiger partial charge in [-0.05, 0) is 64.0 Å². The molecule has 0 aromatic rings. The van der Waals surface area contributed by atoms with E-state index in [0.29, 0.717) is 12.3 Å². The van der Waals surface area contributed by atoms with Gasteiger partial charge in [0.15, 0.2) is 5.96 Å². The third-order valence-electron chi connectivity index (χ3n) is 5.28. The molecule has 0 bridgehead atoms. The van der Waals surface area contributed by atoms with Gasteiger partial charge in [0.1, 0.15) is 0 Å². The molecular formula is C19H37N5O. The summed E-state index contributed by atoms with van der Waals surface area (Å²) in [5.41, 5.74) is 5.37. The molecule has 6 nitrogen and oxygen atoms in total. The zero-order chi connectivity index (χ0) is 18.1. The van der Waals surface area contributed by atoms with Gasteiger partial charge < -0.3 is 20.9 Å². The summed E-state index contributed by atoms with van der Waals surface area (Å²) >= 11 is 0. The number of hydrogen-bond donors (Lipinski definition) is 2. The van der Waals surface area contributed by atoms with Gasteiger partial charge in [-0.3, -0.25) is 9.79 Å². The number of nitrogens with zero attached hydrogens (tertiary/aromatic N) is 3. The maximum Gasteiger partial charge on any atom is 0.217 e. The van der Waals surface area contributed by atoms with E-state index in [0.717, 1.165) is 63.9 Å². The highest BCUT2D eigenvalue weighted by Crippen LogP contribution is 2.19. The summed E-state index contributed by atoms with van der Waals surface area (Å²) in [7, 11) is 0. The molecule has 0 aromatic carbocycles. The van der Waals surface area contributed by atoms with Crippen molar-refractivity contribution in [3.05, 3.63) is 0 Å². The molecule has 2 atom stereocenters. The number of guanidine groups is 1. The number of amides is 1. The molecule has 0 aromatic heterocycles. The highest BCUT2D eigenvalue weighted by atomic mass is 16.1. The minimum atomic E-state index is -0.190. The van der Waals surface area contributed by atoms with E-state index in [-0.39, 0.29) is 5.91 Å². The van der Waals surface area contributed by atoms with Crippen LogP contribution in [-0.2, 0) is 4.79 Å². The first-order valence-corrected chi connectivity index (χ1v) is 10.1. The number of carbonyl (C=O) groups is 1. The standard InChI is InChI=1S/C19H37N5O/c1-3-21-19(24-12-5-8-17(15-24)13-18(20)25)22-9-6-11-23-10-4-7-16(2)14-23/h16-17H,3-15H2,1-2H3,(H2,20,25)(H,21,22). The van der Waals surface area contributed by atoms with E-state index in [2.05, 4.69) is 29.0 Å². The fourth-order valence-corrected chi connectivity index (χ4v) is 4.10. The Bertz CT molecular complexity index is 440. The minimum Gasteiger partial charge on any atom is -0.370 e. The predicted octanol–water partition coefficient (Wildman–Crippen LogP) is 1.66. The monoisotopic (exact) mass is 351 g/mol. The zero-order valence-electron chi connectivity index (χ0n) is 16.2. The number of piperidine rings is 2. The van der Waals surface area contributed by atoms with Gasteiger partial charge in [-0.1, -0.05) is 6.92 Å². The van der Waals surface area contributed by atoms with Crippen molar-refractivity contribution in [1.82, 2.24) is 15.1 Å². The summed E-state index contributed by atoms with van der Waals surface area (Å²) in [4.78, 5) is 20.9. The van der Waals surface area contributed by atoms with Crippen LogP contribution in [0.5, 0.6) is 0 Å². The molecule has 2 saturated heterocycles. The lowest BCUT2D eigenvalue weighted by Crippen LogP contribution is -2.47. The Labute approximate surface area is 153 Å². The number of likely N-dealkylation sites (tertiary alicyclic amines) is 2. The molecule has 144 valence electrons. The molecular weight excluding hydrogens is 314 g/mol. The molecule has 2 fully saturated rings. The van der Waals surface area contributed by atoms with Gasteiger partial charge in [-0.25, -0.2) is 0 Å². The molecule has 6 heteroatoms. The first-order chi connectivity index (χ1) is 12.1. The first-order valence-electron chi connectivity index (χ1n) is 10.1. The molecule has 1 amide bonds. The van der Waals surface area contributed by atoms with Crippen molar-refractivity contribution in [2.24, 2.45) is 22.6 Å². The molecule has 0 spiro atoms. The summed E-state index contributed by atoms with van der Waals surface area (Å²) in [6.45, 7) is 11.7. The molecule has 3 N–H and O–H groups in total. The Balaban J connectivity index is 1.79. The van der Waals surface area contributed by atoms with Crippen LogP contribution in [0.2, 0.25) is 0 Å². The van der Waals surface area contributed by atoms with Crippen molar-refractivity contribution in [2.75, 3.05) is 45.8 Å². The predicted molar refractivity (Wildman–Crippen MR) is 104 cm³/mol. The van der Waals surface area contributed by atoms with Crippen LogP contribution in [-0.4, -0.2) is 67.5 Å². The lowest BCUT2D eigenvalue weighted by atomic mass is 9.95. The van der Waals surface area contributed by atoms with E-state index in [9.17, 15) is 4.79 Å². The molecule has 2 aliphatic heterocycles. The second-order valence-electron chi connectivity index (χ2n) is 7.76. The maximum atomic E-state index is 11.2. The summed E-state index contributed by atoms with van der Waals surface area (Å²) in [6.07, 6.45) is 6.51. The Morgan fingerprint density at radius 3 is 2.76 bits per heavy atom. The van der Waals surface area contributed by atoms with E-state index in [1.165, 1.54) is 25.9 Å². The third-order valence-corrected chi connectivity index (χ3v) is 5.28. The molecule has 2 heterocycles. The molecule has 0 radical (unpaired) electrons. The van der Waals surface area contributed by atoms with Gasteiger partial charge in [0.05, 0.1) is 0 Å². The van der Waals surface area contributed by atoms with Crippen molar-refractivity contribution in [2.45, 2.75) is 52.4 Å². The molecule has 2 unspecified atom stereocenters. The van der Waals surface area contributed by atoms with Crippen molar-refractivity contribution in [3.63, 3.8) is 0 Å². The third kappa shape index (κ3) is 7.22. The Morgan fingerprint density at radius 1 is 1.24 bits per heavy atom. The number of nitrogens with one attached hydrogen (secondary N) is 1.